The smallest absolute Gasteiger partial charge is 0.0602 e. The Morgan fingerprint density at radius 2 is 1.79 bits per heavy atom. The first-order valence-corrected chi connectivity index (χ1v) is 11.6. The summed E-state index contributed by atoms with van der Waals surface area (Å²) >= 11 is 0. The van der Waals surface area contributed by atoms with E-state index in [-0.39, 0.29) is 12.2 Å². The molecule has 3 fully saturated rings. The van der Waals surface area contributed by atoms with Crippen LogP contribution in [0.5, 0.6) is 0 Å². The van der Waals surface area contributed by atoms with Crippen molar-refractivity contribution in [3.05, 3.63) is 23.3 Å². The molecule has 160 valence electrons. The van der Waals surface area contributed by atoms with Crippen LogP contribution in [0.3, 0.4) is 0 Å². The number of rotatable bonds is 5. The van der Waals surface area contributed by atoms with Crippen LogP contribution in [0.2, 0.25) is 0 Å². The maximum Gasteiger partial charge on any atom is 0.0602 e. The first-order chi connectivity index (χ1) is 13.1. The molecular formula is C25H42O3. The molecule has 0 bridgehead atoms. The lowest BCUT2D eigenvalue weighted by Gasteiger charge is -2.36. The molecule has 0 aromatic heterocycles. The standard InChI is InChI=1S/C25H42O3/c1-18(8-11-24(2,3)28)21-9-12-25(17-21)10-4-5-19(16-25)6-7-20-13-22(26)15-23(27)14-20/h6-7,18,21-23,26-28H,4-5,8-17H2,1-3H3/b19-6+,20-7?/t18?,21-,22-,23+,25-/m1/s1. The van der Waals surface area contributed by atoms with E-state index in [0.717, 1.165) is 18.8 Å². The predicted molar refractivity (Wildman–Crippen MR) is 115 cm³/mol. The number of allylic oxidation sites excluding steroid dienone is 3. The van der Waals surface area contributed by atoms with Crippen molar-refractivity contribution >= 4 is 0 Å². The van der Waals surface area contributed by atoms with E-state index < -0.39 is 5.60 Å². The van der Waals surface area contributed by atoms with E-state index in [1.54, 1.807) is 5.57 Å². The third-order valence-electron chi connectivity index (χ3n) is 7.66. The van der Waals surface area contributed by atoms with Crippen LogP contribution in [0, 0.1) is 17.3 Å². The Morgan fingerprint density at radius 1 is 1.11 bits per heavy atom. The molecule has 3 nitrogen and oxygen atoms in total. The van der Waals surface area contributed by atoms with Gasteiger partial charge in [0.15, 0.2) is 0 Å². The Bertz CT molecular complexity index is 573. The fourth-order valence-electron chi connectivity index (χ4n) is 5.97. The summed E-state index contributed by atoms with van der Waals surface area (Å²) in [5.41, 5.74) is 2.72. The topological polar surface area (TPSA) is 60.7 Å². The van der Waals surface area contributed by atoms with Crippen molar-refractivity contribution in [1.82, 2.24) is 0 Å². The molecule has 0 saturated heterocycles. The van der Waals surface area contributed by atoms with Crippen LogP contribution < -0.4 is 0 Å². The summed E-state index contributed by atoms with van der Waals surface area (Å²) in [6.07, 6.45) is 16.9. The summed E-state index contributed by atoms with van der Waals surface area (Å²) in [7, 11) is 0. The molecule has 3 N–H and O–H groups in total. The number of aliphatic hydroxyl groups excluding tert-OH is 2. The Kier molecular flexibility index (Phi) is 7.10. The average Bonchev–Trinajstić information content (AvgIpc) is 3.00. The largest absolute Gasteiger partial charge is 0.393 e. The van der Waals surface area contributed by atoms with E-state index in [1.807, 2.05) is 13.8 Å². The molecule has 3 rings (SSSR count). The van der Waals surface area contributed by atoms with Crippen LogP contribution >= 0.6 is 0 Å². The minimum atomic E-state index is -0.543. The van der Waals surface area contributed by atoms with Crippen LogP contribution in [-0.4, -0.2) is 33.1 Å². The summed E-state index contributed by atoms with van der Waals surface area (Å²) in [5, 5.41) is 29.8. The molecule has 3 aliphatic rings. The van der Waals surface area contributed by atoms with E-state index in [1.165, 1.54) is 50.5 Å². The Hall–Kier alpha value is -0.640. The average molecular weight is 391 g/mol. The van der Waals surface area contributed by atoms with Gasteiger partial charge in [-0.25, -0.2) is 0 Å². The van der Waals surface area contributed by atoms with Crippen LogP contribution in [-0.2, 0) is 0 Å². The highest BCUT2D eigenvalue weighted by Crippen LogP contribution is 2.54. The van der Waals surface area contributed by atoms with Gasteiger partial charge in [-0.3, -0.25) is 0 Å². The maximum atomic E-state index is 10.0. The zero-order valence-electron chi connectivity index (χ0n) is 18.3. The van der Waals surface area contributed by atoms with Gasteiger partial charge >= 0.3 is 0 Å². The fraction of sp³-hybridized carbons (Fsp3) is 0.840. The van der Waals surface area contributed by atoms with E-state index in [9.17, 15) is 15.3 Å². The third kappa shape index (κ3) is 6.18. The van der Waals surface area contributed by atoms with Gasteiger partial charge in [-0.1, -0.05) is 30.2 Å². The summed E-state index contributed by atoms with van der Waals surface area (Å²) < 4.78 is 0. The second kappa shape index (κ2) is 9.02. The van der Waals surface area contributed by atoms with Gasteiger partial charge in [0.05, 0.1) is 17.8 Å². The van der Waals surface area contributed by atoms with Crippen LogP contribution in [0.15, 0.2) is 23.3 Å². The first kappa shape index (κ1) is 22.1. The lowest BCUT2D eigenvalue weighted by atomic mass is 9.69. The van der Waals surface area contributed by atoms with Gasteiger partial charge in [0.2, 0.25) is 0 Å². The molecule has 3 aliphatic carbocycles. The van der Waals surface area contributed by atoms with Crippen molar-refractivity contribution in [2.75, 3.05) is 0 Å². The molecule has 0 aromatic rings. The van der Waals surface area contributed by atoms with Crippen molar-refractivity contribution < 1.29 is 15.3 Å². The summed E-state index contributed by atoms with van der Waals surface area (Å²) in [5.74, 6) is 1.51. The normalized spacial score (nSPS) is 38.4. The lowest BCUT2D eigenvalue weighted by Crippen LogP contribution is -2.25. The number of hydrogen-bond donors (Lipinski definition) is 3. The molecule has 28 heavy (non-hydrogen) atoms. The Morgan fingerprint density at radius 3 is 2.46 bits per heavy atom. The minimum absolute atomic E-state index is 0.382. The summed E-state index contributed by atoms with van der Waals surface area (Å²) in [6, 6.07) is 0. The molecule has 5 atom stereocenters. The highest BCUT2D eigenvalue weighted by molar-refractivity contribution is 5.22. The molecule has 0 amide bonds. The van der Waals surface area contributed by atoms with Crippen molar-refractivity contribution in [3.63, 3.8) is 0 Å². The highest BCUT2D eigenvalue weighted by Gasteiger charge is 2.42. The van der Waals surface area contributed by atoms with Crippen molar-refractivity contribution in [2.24, 2.45) is 17.3 Å². The second-order valence-corrected chi connectivity index (χ2v) is 11.0. The SMILES string of the molecule is CC(CCC(C)(C)O)[C@@H]1CC[C@@]2(CCC/C(=C\C=C3C[C@@H](O)C[C@@H](O)C3)C2)C1. The van der Waals surface area contributed by atoms with E-state index in [0.29, 0.717) is 30.6 Å². The minimum Gasteiger partial charge on any atom is -0.393 e. The van der Waals surface area contributed by atoms with Crippen LogP contribution in [0.1, 0.15) is 97.8 Å². The maximum absolute atomic E-state index is 10.0. The van der Waals surface area contributed by atoms with Gasteiger partial charge in [-0.15, -0.1) is 0 Å². The molecular weight excluding hydrogens is 348 g/mol. The second-order valence-electron chi connectivity index (χ2n) is 11.0. The van der Waals surface area contributed by atoms with Crippen molar-refractivity contribution in [3.8, 4) is 0 Å². The van der Waals surface area contributed by atoms with Gasteiger partial charge in [0.25, 0.3) is 0 Å². The summed E-state index contributed by atoms with van der Waals surface area (Å²) in [4.78, 5) is 0. The zero-order valence-corrected chi connectivity index (χ0v) is 18.3. The fourth-order valence-corrected chi connectivity index (χ4v) is 5.97. The van der Waals surface area contributed by atoms with Gasteiger partial charge in [0, 0.05) is 0 Å². The molecule has 3 saturated carbocycles. The van der Waals surface area contributed by atoms with Gasteiger partial charge in [-0.2, -0.15) is 0 Å². The predicted octanol–water partition coefficient (Wildman–Crippen LogP) is 5.29. The molecule has 3 heteroatoms. The quantitative estimate of drug-likeness (QED) is 0.597. The van der Waals surface area contributed by atoms with E-state index in [4.69, 9.17) is 0 Å². The lowest BCUT2D eigenvalue weighted by molar-refractivity contribution is 0.0599. The van der Waals surface area contributed by atoms with Gasteiger partial charge in [0.1, 0.15) is 0 Å². The monoisotopic (exact) mass is 390 g/mol. The van der Waals surface area contributed by atoms with Crippen LogP contribution in [0.25, 0.3) is 0 Å². The molecule has 0 heterocycles. The zero-order chi connectivity index (χ0) is 20.4. The number of hydrogen-bond acceptors (Lipinski definition) is 3. The Labute approximate surface area is 171 Å². The van der Waals surface area contributed by atoms with Gasteiger partial charge < -0.3 is 15.3 Å². The highest BCUT2D eigenvalue weighted by atomic mass is 16.3. The van der Waals surface area contributed by atoms with Gasteiger partial charge in [-0.05, 0) is 108 Å². The molecule has 0 aromatic carbocycles. The first-order valence-electron chi connectivity index (χ1n) is 11.6. The number of aliphatic hydroxyl groups is 3. The third-order valence-corrected chi connectivity index (χ3v) is 7.66. The van der Waals surface area contributed by atoms with Crippen LogP contribution in [0.4, 0.5) is 0 Å². The van der Waals surface area contributed by atoms with Crippen molar-refractivity contribution in [2.45, 2.75) is 116 Å². The molecule has 0 radical (unpaired) electrons. The Balaban J connectivity index is 1.57. The molecule has 1 unspecified atom stereocenters. The summed E-state index contributed by atoms with van der Waals surface area (Å²) in [6.45, 7) is 6.24. The molecule has 0 aliphatic heterocycles. The van der Waals surface area contributed by atoms with E-state index >= 15 is 0 Å². The molecule has 1 spiro atoms. The van der Waals surface area contributed by atoms with Crippen molar-refractivity contribution in [1.29, 1.82) is 0 Å². The van der Waals surface area contributed by atoms with E-state index in [2.05, 4.69) is 19.1 Å².